The molecule has 1 aliphatic rings. The average Bonchev–Trinajstić information content (AvgIpc) is 3.07. The minimum Gasteiger partial charge on any atom is -0.497 e. The van der Waals surface area contributed by atoms with Crippen LogP contribution in [0.2, 0.25) is 0 Å². The Labute approximate surface area is 185 Å². The lowest BCUT2D eigenvalue weighted by Crippen LogP contribution is -2.27. The zero-order valence-electron chi connectivity index (χ0n) is 17.2. The lowest BCUT2D eigenvalue weighted by molar-refractivity contribution is -0.113. The molecule has 156 valence electrons. The van der Waals surface area contributed by atoms with E-state index in [0.717, 1.165) is 33.5 Å². The van der Waals surface area contributed by atoms with Gasteiger partial charge in [-0.2, -0.15) is 0 Å². The second kappa shape index (κ2) is 9.10. The number of benzene rings is 3. The molecule has 5 nitrogen and oxygen atoms in total. The number of ether oxygens (including phenoxy) is 2. The highest BCUT2D eigenvalue weighted by molar-refractivity contribution is 8.19. The predicted molar refractivity (Wildman–Crippen MR) is 123 cm³/mol. The zero-order valence-corrected chi connectivity index (χ0v) is 18.0. The molecular formula is C25H21NO4S. The summed E-state index contributed by atoms with van der Waals surface area (Å²) in [5, 5.41) is -0.331. The van der Waals surface area contributed by atoms with Crippen molar-refractivity contribution in [1.29, 1.82) is 0 Å². The first-order valence-corrected chi connectivity index (χ1v) is 10.6. The van der Waals surface area contributed by atoms with E-state index in [0.29, 0.717) is 22.9 Å². The number of amides is 2. The van der Waals surface area contributed by atoms with Gasteiger partial charge in [0.15, 0.2) is 0 Å². The Morgan fingerprint density at radius 1 is 0.935 bits per heavy atom. The van der Waals surface area contributed by atoms with E-state index >= 15 is 0 Å². The van der Waals surface area contributed by atoms with E-state index in [1.54, 1.807) is 37.5 Å². The molecule has 0 radical (unpaired) electrons. The molecule has 1 fully saturated rings. The fourth-order valence-corrected chi connectivity index (χ4v) is 3.94. The van der Waals surface area contributed by atoms with Crippen LogP contribution in [0.4, 0.5) is 10.5 Å². The van der Waals surface area contributed by atoms with E-state index < -0.39 is 0 Å². The zero-order chi connectivity index (χ0) is 21.8. The molecule has 3 aromatic rings. The van der Waals surface area contributed by atoms with Crippen LogP contribution < -0.4 is 14.4 Å². The first-order valence-electron chi connectivity index (χ1n) is 9.74. The van der Waals surface area contributed by atoms with Crippen LogP contribution in [0.5, 0.6) is 11.5 Å². The Kier molecular flexibility index (Phi) is 6.09. The highest BCUT2D eigenvalue weighted by Crippen LogP contribution is 2.36. The van der Waals surface area contributed by atoms with Gasteiger partial charge in [0.2, 0.25) is 0 Å². The molecule has 4 rings (SSSR count). The van der Waals surface area contributed by atoms with Gasteiger partial charge < -0.3 is 9.47 Å². The number of nitrogens with zero attached hydrogens (tertiary/aromatic N) is 1. The topological polar surface area (TPSA) is 55.8 Å². The number of carbonyl (C=O) groups is 2. The Morgan fingerprint density at radius 2 is 1.68 bits per heavy atom. The summed E-state index contributed by atoms with van der Waals surface area (Å²) in [5.74, 6) is 0.979. The number of carbonyl (C=O) groups excluding carboxylic acids is 2. The molecule has 0 unspecified atom stereocenters. The van der Waals surface area contributed by atoms with Gasteiger partial charge in [-0.25, -0.2) is 4.90 Å². The molecule has 2 amide bonds. The van der Waals surface area contributed by atoms with Gasteiger partial charge in [0, 0.05) is 6.07 Å². The summed E-state index contributed by atoms with van der Waals surface area (Å²) in [6, 6.07) is 22.5. The summed E-state index contributed by atoms with van der Waals surface area (Å²) >= 11 is 0.924. The summed E-state index contributed by atoms with van der Waals surface area (Å²) in [5.41, 5.74) is 3.62. The number of anilines is 1. The molecule has 6 heteroatoms. The van der Waals surface area contributed by atoms with Crippen molar-refractivity contribution in [1.82, 2.24) is 0 Å². The van der Waals surface area contributed by atoms with Crippen molar-refractivity contribution in [3.8, 4) is 11.5 Å². The number of aryl methyl sites for hydroxylation is 1. The highest BCUT2D eigenvalue weighted by Gasteiger charge is 2.36. The lowest BCUT2D eigenvalue weighted by atomic mass is 10.1. The maximum Gasteiger partial charge on any atom is 0.298 e. The van der Waals surface area contributed by atoms with Crippen LogP contribution in [0.1, 0.15) is 16.7 Å². The Hall–Kier alpha value is -3.51. The fourth-order valence-electron chi connectivity index (χ4n) is 3.10. The number of rotatable bonds is 6. The van der Waals surface area contributed by atoms with Crippen LogP contribution >= 0.6 is 11.8 Å². The van der Waals surface area contributed by atoms with Gasteiger partial charge in [-0.15, -0.1) is 0 Å². The monoisotopic (exact) mass is 431 g/mol. The molecule has 0 aromatic heterocycles. The standard InChI is InChI=1S/C25H21NO4S/c1-17-6-8-19(9-7-17)16-30-21-12-10-18(11-13-21)14-23-24(27)26(25(28)31-23)20-4-3-5-22(15-20)29-2/h3-15H,16H2,1-2H3/b23-14-. The Bertz CT molecular complexity index is 1140. The molecule has 1 aliphatic heterocycles. The molecule has 3 aromatic carbocycles. The maximum absolute atomic E-state index is 12.8. The molecule has 0 atom stereocenters. The molecule has 0 aliphatic carbocycles. The summed E-state index contributed by atoms with van der Waals surface area (Å²) in [6.45, 7) is 2.54. The summed E-state index contributed by atoms with van der Waals surface area (Å²) in [4.78, 5) is 26.8. The minimum atomic E-state index is -0.344. The van der Waals surface area contributed by atoms with Crippen LogP contribution in [-0.2, 0) is 11.4 Å². The molecule has 31 heavy (non-hydrogen) atoms. The molecule has 0 bridgehead atoms. The smallest absolute Gasteiger partial charge is 0.298 e. The van der Waals surface area contributed by atoms with Crippen LogP contribution in [0.3, 0.4) is 0 Å². The quantitative estimate of drug-likeness (QED) is 0.460. The number of methoxy groups -OCH3 is 1. The van der Waals surface area contributed by atoms with Crippen molar-refractivity contribution in [3.63, 3.8) is 0 Å². The number of hydrogen-bond donors (Lipinski definition) is 0. The first kappa shape index (κ1) is 20.8. The van der Waals surface area contributed by atoms with Gasteiger partial charge in [0.25, 0.3) is 11.1 Å². The molecule has 0 spiro atoms. The largest absolute Gasteiger partial charge is 0.497 e. The number of thioether (sulfide) groups is 1. The predicted octanol–water partition coefficient (Wildman–Crippen LogP) is 5.82. The third kappa shape index (κ3) is 4.81. The first-order chi connectivity index (χ1) is 15.0. The Balaban J connectivity index is 1.45. The van der Waals surface area contributed by atoms with Gasteiger partial charge in [0.1, 0.15) is 18.1 Å². The van der Waals surface area contributed by atoms with Crippen molar-refractivity contribution >= 4 is 34.7 Å². The minimum absolute atomic E-state index is 0.331. The van der Waals surface area contributed by atoms with Crippen molar-refractivity contribution < 1.29 is 19.1 Å². The van der Waals surface area contributed by atoms with Crippen molar-refractivity contribution in [3.05, 3.63) is 94.4 Å². The number of imide groups is 1. The van der Waals surface area contributed by atoms with Crippen LogP contribution in [0, 0.1) is 6.92 Å². The summed E-state index contributed by atoms with van der Waals surface area (Å²) < 4.78 is 11.0. The third-order valence-corrected chi connectivity index (χ3v) is 5.68. The van der Waals surface area contributed by atoms with Gasteiger partial charge in [0.05, 0.1) is 17.7 Å². The summed E-state index contributed by atoms with van der Waals surface area (Å²) in [6.07, 6.45) is 1.72. The molecular weight excluding hydrogens is 410 g/mol. The van der Waals surface area contributed by atoms with E-state index in [2.05, 4.69) is 19.1 Å². The van der Waals surface area contributed by atoms with Crippen molar-refractivity contribution in [2.45, 2.75) is 13.5 Å². The van der Waals surface area contributed by atoms with Crippen LogP contribution in [-0.4, -0.2) is 18.3 Å². The average molecular weight is 432 g/mol. The van der Waals surface area contributed by atoms with E-state index in [1.807, 2.05) is 36.4 Å². The third-order valence-electron chi connectivity index (χ3n) is 4.81. The van der Waals surface area contributed by atoms with Crippen LogP contribution in [0.25, 0.3) is 6.08 Å². The highest BCUT2D eigenvalue weighted by atomic mass is 32.2. The van der Waals surface area contributed by atoms with Gasteiger partial charge in [-0.05, 0) is 60.2 Å². The summed E-state index contributed by atoms with van der Waals surface area (Å²) in [7, 11) is 1.54. The SMILES string of the molecule is COc1cccc(N2C(=O)S/C(=C\c3ccc(OCc4ccc(C)cc4)cc3)C2=O)c1. The molecule has 1 heterocycles. The molecule has 0 N–H and O–H groups in total. The van der Waals surface area contributed by atoms with E-state index in [9.17, 15) is 9.59 Å². The van der Waals surface area contributed by atoms with Crippen molar-refractivity contribution in [2.75, 3.05) is 12.0 Å². The van der Waals surface area contributed by atoms with Gasteiger partial charge in [-0.3, -0.25) is 9.59 Å². The molecule has 1 saturated heterocycles. The van der Waals surface area contributed by atoms with Gasteiger partial charge in [-0.1, -0.05) is 48.0 Å². The second-order valence-corrected chi connectivity index (χ2v) is 8.06. The van der Waals surface area contributed by atoms with Crippen molar-refractivity contribution in [2.24, 2.45) is 0 Å². The number of hydrogen-bond acceptors (Lipinski definition) is 5. The van der Waals surface area contributed by atoms with E-state index in [-0.39, 0.29) is 11.1 Å². The fraction of sp³-hybridized carbons (Fsp3) is 0.120. The normalized spacial score (nSPS) is 14.9. The lowest BCUT2D eigenvalue weighted by Gasteiger charge is -2.13. The van der Waals surface area contributed by atoms with E-state index in [1.165, 1.54) is 5.56 Å². The molecule has 0 saturated carbocycles. The van der Waals surface area contributed by atoms with E-state index in [4.69, 9.17) is 9.47 Å². The maximum atomic E-state index is 12.8. The van der Waals surface area contributed by atoms with Crippen LogP contribution in [0.15, 0.2) is 77.7 Å². The van der Waals surface area contributed by atoms with Gasteiger partial charge >= 0.3 is 0 Å². The Morgan fingerprint density at radius 3 is 2.39 bits per heavy atom. The second-order valence-electron chi connectivity index (χ2n) is 7.06.